The van der Waals surface area contributed by atoms with Gasteiger partial charge < -0.3 is 19.9 Å². The zero-order valence-electron chi connectivity index (χ0n) is 11.4. The van der Waals surface area contributed by atoms with Crippen molar-refractivity contribution < 1.29 is 14.6 Å². The van der Waals surface area contributed by atoms with Crippen LogP contribution in [-0.2, 0) is 6.54 Å². The summed E-state index contributed by atoms with van der Waals surface area (Å²) in [6.07, 6.45) is 3.08. The molecule has 0 aromatic heterocycles. The van der Waals surface area contributed by atoms with E-state index in [1.165, 1.54) is 0 Å². The molecular weight excluding hydrogens is 322 g/mol. The Labute approximate surface area is 127 Å². The van der Waals surface area contributed by atoms with Crippen molar-refractivity contribution in [2.75, 3.05) is 19.8 Å². The molecule has 1 saturated carbocycles. The first-order chi connectivity index (χ1) is 9.74. The minimum Gasteiger partial charge on any atom is -0.486 e. The second kappa shape index (κ2) is 6.33. The van der Waals surface area contributed by atoms with Crippen LogP contribution < -0.4 is 14.8 Å². The van der Waals surface area contributed by atoms with Gasteiger partial charge >= 0.3 is 0 Å². The van der Waals surface area contributed by atoms with Gasteiger partial charge in [-0.1, -0.05) is 6.42 Å². The van der Waals surface area contributed by atoms with E-state index in [9.17, 15) is 5.11 Å². The quantitative estimate of drug-likeness (QED) is 0.883. The first kappa shape index (κ1) is 14.2. The number of fused-ring (bicyclic) bond motifs is 1. The van der Waals surface area contributed by atoms with Crippen LogP contribution in [-0.4, -0.2) is 31.0 Å². The summed E-state index contributed by atoms with van der Waals surface area (Å²) in [5, 5.41) is 13.2. The summed E-state index contributed by atoms with van der Waals surface area (Å²) >= 11 is 3.53. The summed E-state index contributed by atoms with van der Waals surface area (Å²) < 4.78 is 12.1. The van der Waals surface area contributed by atoms with Crippen molar-refractivity contribution in [3.63, 3.8) is 0 Å². The lowest BCUT2D eigenvalue weighted by molar-refractivity contribution is 0.131. The molecule has 2 aliphatic rings. The molecular formula is C15H20BrNO3. The molecule has 0 spiro atoms. The molecule has 1 aliphatic carbocycles. The Kier molecular flexibility index (Phi) is 4.48. The molecule has 0 bridgehead atoms. The van der Waals surface area contributed by atoms with Gasteiger partial charge in [-0.15, -0.1) is 0 Å². The monoisotopic (exact) mass is 341 g/mol. The van der Waals surface area contributed by atoms with Gasteiger partial charge in [-0.3, -0.25) is 0 Å². The molecule has 2 unspecified atom stereocenters. The SMILES string of the molecule is OC1CCCC1CNCc1cc(Br)c2c(c1)OCCO2. The number of hydrogen-bond donors (Lipinski definition) is 2. The van der Waals surface area contributed by atoms with Crippen molar-refractivity contribution in [1.29, 1.82) is 0 Å². The van der Waals surface area contributed by atoms with Crippen LogP contribution in [0, 0.1) is 5.92 Å². The minimum atomic E-state index is -0.130. The van der Waals surface area contributed by atoms with Crippen LogP contribution in [0.5, 0.6) is 11.5 Å². The number of hydrogen-bond acceptors (Lipinski definition) is 4. The molecule has 2 atom stereocenters. The van der Waals surface area contributed by atoms with Gasteiger partial charge in [0, 0.05) is 13.1 Å². The van der Waals surface area contributed by atoms with Gasteiger partial charge in [0.25, 0.3) is 0 Å². The third kappa shape index (κ3) is 3.10. The third-order valence-electron chi connectivity index (χ3n) is 4.01. The molecule has 110 valence electrons. The highest BCUT2D eigenvalue weighted by Crippen LogP contribution is 2.38. The second-order valence-electron chi connectivity index (χ2n) is 5.49. The van der Waals surface area contributed by atoms with Crippen LogP contribution in [0.4, 0.5) is 0 Å². The summed E-state index contributed by atoms with van der Waals surface area (Å²) in [4.78, 5) is 0. The van der Waals surface area contributed by atoms with Gasteiger partial charge in [0.05, 0.1) is 10.6 Å². The normalized spacial score (nSPS) is 24.9. The van der Waals surface area contributed by atoms with Crippen LogP contribution in [0.15, 0.2) is 16.6 Å². The Morgan fingerprint density at radius 2 is 2.10 bits per heavy atom. The Morgan fingerprint density at radius 1 is 1.25 bits per heavy atom. The molecule has 4 nitrogen and oxygen atoms in total. The first-order valence-corrected chi connectivity index (χ1v) is 8.00. The average molecular weight is 342 g/mol. The van der Waals surface area contributed by atoms with Gasteiger partial charge in [0.1, 0.15) is 13.2 Å². The van der Waals surface area contributed by atoms with Crippen molar-refractivity contribution in [2.45, 2.75) is 31.9 Å². The number of aliphatic hydroxyl groups is 1. The van der Waals surface area contributed by atoms with E-state index in [2.05, 4.69) is 27.3 Å². The van der Waals surface area contributed by atoms with E-state index in [0.29, 0.717) is 19.1 Å². The van der Waals surface area contributed by atoms with Gasteiger partial charge in [-0.05, 0) is 52.4 Å². The maximum Gasteiger partial charge on any atom is 0.175 e. The van der Waals surface area contributed by atoms with Gasteiger partial charge in [-0.25, -0.2) is 0 Å². The Bertz CT molecular complexity index is 480. The zero-order valence-corrected chi connectivity index (χ0v) is 13.0. The van der Waals surface area contributed by atoms with Crippen LogP contribution >= 0.6 is 15.9 Å². The Hall–Kier alpha value is -0.780. The number of ether oxygens (including phenoxy) is 2. The fraction of sp³-hybridized carbons (Fsp3) is 0.600. The van der Waals surface area contributed by atoms with Gasteiger partial charge in [-0.2, -0.15) is 0 Å². The highest BCUT2D eigenvalue weighted by molar-refractivity contribution is 9.10. The lowest BCUT2D eigenvalue weighted by atomic mass is 10.1. The lowest BCUT2D eigenvalue weighted by Gasteiger charge is -2.21. The highest BCUT2D eigenvalue weighted by Gasteiger charge is 2.24. The molecule has 1 fully saturated rings. The van der Waals surface area contributed by atoms with Crippen LogP contribution in [0.1, 0.15) is 24.8 Å². The molecule has 0 radical (unpaired) electrons. The predicted octanol–water partition coefficient (Wildman–Crippen LogP) is 2.47. The average Bonchev–Trinajstić information content (AvgIpc) is 2.85. The van der Waals surface area contributed by atoms with Crippen molar-refractivity contribution in [1.82, 2.24) is 5.32 Å². The maximum atomic E-state index is 9.80. The van der Waals surface area contributed by atoms with Crippen molar-refractivity contribution in [3.05, 3.63) is 22.2 Å². The Balaban J connectivity index is 1.59. The molecule has 0 amide bonds. The van der Waals surface area contributed by atoms with Crippen LogP contribution in [0.25, 0.3) is 0 Å². The molecule has 1 heterocycles. The number of benzene rings is 1. The van der Waals surface area contributed by atoms with E-state index >= 15 is 0 Å². The van der Waals surface area contributed by atoms with E-state index in [4.69, 9.17) is 9.47 Å². The Morgan fingerprint density at radius 3 is 2.90 bits per heavy atom. The van der Waals surface area contributed by atoms with Crippen molar-refractivity contribution >= 4 is 15.9 Å². The summed E-state index contributed by atoms with van der Waals surface area (Å²) in [5.74, 6) is 2.00. The molecule has 20 heavy (non-hydrogen) atoms. The fourth-order valence-electron chi connectivity index (χ4n) is 2.92. The first-order valence-electron chi connectivity index (χ1n) is 7.21. The molecule has 1 aromatic rings. The van der Waals surface area contributed by atoms with Gasteiger partial charge in [0.15, 0.2) is 11.5 Å². The van der Waals surface area contributed by atoms with E-state index < -0.39 is 0 Å². The number of nitrogens with one attached hydrogen (secondary N) is 1. The third-order valence-corrected chi connectivity index (χ3v) is 4.60. The zero-order chi connectivity index (χ0) is 13.9. The highest BCUT2D eigenvalue weighted by atomic mass is 79.9. The smallest absolute Gasteiger partial charge is 0.175 e. The molecule has 1 aliphatic heterocycles. The predicted molar refractivity (Wildman–Crippen MR) is 80.2 cm³/mol. The number of aliphatic hydroxyl groups excluding tert-OH is 1. The molecule has 0 saturated heterocycles. The van der Waals surface area contributed by atoms with Gasteiger partial charge in [0.2, 0.25) is 0 Å². The number of halogens is 1. The topological polar surface area (TPSA) is 50.7 Å². The molecule has 1 aromatic carbocycles. The standard InChI is InChI=1S/C15H20BrNO3/c16-12-6-10(7-14-15(12)20-5-4-19-14)8-17-9-11-2-1-3-13(11)18/h6-7,11,13,17-18H,1-5,8-9H2. The molecule has 5 heteroatoms. The van der Waals surface area contributed by atoms with E-state index in [0.717, 1.165) is 53.9 Å². The fourth-order valence-corrected chi connectivity index (χ4v) is 3.53. The van der Waals surface area contributed by atoms with Crippen LogP contribution in [0.2, 0.25) is 0 Å². The van der Waals surface area contributed by atoms with Crippen molar-refractivity contribution in [3.8, 4) is 11.5 Å². The second-order valence-corrected chi connectivity index (χ2v) is 6.35. The lowest BCUT2D eigenvalue weighted by Crippen LogP contribution is -2.27. The van der Waals surface area contributed by atoms with Crippen molar-refractivity contribution in [2.24, 2.45) is 5.92 Å². The minimum absolute atomic E-state index is 0.130. The summed E-state index contributed by atoms with van der Waals surface area (Å²) in [6, 6.07) is 4.09. The summed E-state index contributed by atoms with van der Waals surface area (Å²) in [5.41, 5.74) is 1.16. The van der Waals surface area contributed by atoms with E-state index in [1.807, 2.05) is 6.07 Å². The van der Waals surface area contributed by atoms with E-state index in [-0.39, 0.29) is 6.10 Å². The summed E-state index contributed by atoms with van der Waals surface area (Å²) in [7, 11) is 0. The van der Waals surface area contributed by atoms with Crippen LogP contribution in [0.3, 0.4) is 0 Å². The molecule has 2 N–H and O–H groups in total. The van der Waals surface area contributed by atoms with E-state index in [1.54, 1.807) is 0 Å². The number of rotatable bonds is 4. The largest absolute Gasteiger partial charge is 0.486 e. The molecule has 3 rings (SSSR count). The maximum absolute atomic E-state index is 9.80. The summed E-state index contributed by atoms with van der Waals surface area (Å²) in [6.45, 7) is 2.85.